The smallest absolute Gasteiger partial charge is 0.141 e. The first-order valence-corrected chi connectivity index (χ1v) is 8.54. The van der Waals surface area contributed by atoms with Crippen LogP contribution in [-0.4, -0.2) is 42.1 Å². The Kier molecular flexibility index (Phi) is 11.5. The molecule has 114 valence electrons. The molecule has 0 aliphatic carbocycles. The van der Waals surface area contributed by atoms with Crippen LogP contribution in [0.3, 0.4) is 0 Å². The summed E-state index contributed by atoms with van der Waals surface area (Å²) in [5.74, 6) is 0. The van der Waals surface area contributed by atoms with Crippen molar-refractivity contribution in [3.05, 3.63) is 12.2 Å². The van der Waals surface area contributed by atoms with E-state index in [0.717, 1.165) is 48.5 Å². The predicted molar refractivity (Wildman–Crippen MR) is 84.6 cm³/mol. The molecule has 0 aromatic heterocycles. The van der Waals surface area contributed by atoms with E-state index in [1.165, 1.54) is 19.3 Å². The Morgan fingerprint density at radius 2 is 1.63 bits per heavy atom. The van der Waals surface area contributed by atoms with Crippen LogP contribution in [0.2, 0.25) is 0 Å². The lowest BCUT2D eigenvalue weighted by molar-refractivity contribution is -0.177. The van der Waals surface area contributed by atoms with Crippen LogP contribution in [0.15, 0.2) is 12.2 Å². The van der Waals surface area contributed by atoms with Crippen molar-refractivity contribution < 1.29 is 14.2 Å². The van der Waals surface area contributed by atoms with Crippen LogP contribution in [0, 0.1) is 0 Å². The summed E-state index contributed by atoms with van der Waals surface area (Å²) in [4.78, 5) is 0. The summed E-state index contributed by atoms with van der Waals surface area (Å²) in [6.45, 7) is 12.9. The Labute approximate surface area is 122 Å². The topological polar surface area (TPSA) is 27.7 Å². The maximum absolute atomic E-state index is 5.75. The maximum atomic E-state index is 5.75. The van der Waals surface area contributed by atoms with Crippen molar-refractivity contribution in [3.63, 3.8) is 0 Å². The Hall–Kier alpha value is -0.163. The number of rotatable bonds is 13. The highest BCUT2D eigenvalue weighted by molar-refractivity contribution is 6.13. The van der Waals surface area contributed by atoms with Crippen LogP contribution in [0.25, 0.3) is 0 Å². The van der Waals surface area contributed by atoms with Crippen LogP contribution in [0.4, 0.5) is 0 Å². The third-order valence-corrected chi connectivity index (χ3v) is 3.99. The van der Waals surface area contributed by atoms with Gasteiger partial charge in [0.05, 0.1) is 16.8 Å². The van der Waals surface area contributed by atoms with Crippen molar-refractivity contribution in [3.8, 4) is 0 Å². The largest absolute Gasteiger partial charge is 0.377 e. The van der Waals surface area contributed by atoms with E-state index in [0.29, 0.717) is 6.61 Å². The molecule has 0 aliphatic rings. The molecule has 0 fully saturated rings. The molecule has 0 saturated heterocycles. The van der Waals surface area contributed by atoms with Crippen LogP contribution in [-0.2, 0) is 14.2 Å². The van der Waals surface area contributed by atoms with Gasteiger partial charge in [0.25, 0.3) is 0 Å². The fourth-order valence-electron chi connectivity index (χ4n) is 2.05. The molecule has 0 bridgehead atoms. The van der Waals surface area contributed by atoms with E-state index in [4.69, 9.17) is 14.2 Å². The molecule has 0 aliphatic heterocycles. The minimum Gasteiger partial charge on any atom is -0.377 e. The lowest BCUT2D eigenvalue weighted by Gasteiger charge is -2.29. The molecule has 3 nitrogen and oxygen atoms in total. The van der Waals surface area contributed by atoms with Crippen LogP contribution >= 0.6 is 0 Å². The van der Waals surface area contributed by atoms with Gasteiger partial charge in [-0.3, -0.25) is 0 Å². The van der Waals surface area contributed by atoms with E-state index in [1.807, 2.05) is 20.8 Å². The summed E-state index contributed by atoms with van der Waals surface area (Å²) >= 11 is 0. The molecule has 0 spiro atoms. The number of unbranched alkanes of at least 4 members (excludes halogenated alkanes) is 3. The third-order valence-electron chi connectivity index (χ3n) is 2.92. The van der Waals surface area contributed by atoms with Crippen molar-refractivity contribution in [1.82, 2.24) is 0 Å². The molecule has 0 N–H and O–H groups in total. The predicted octanol–water partition coefficient (Wildman–Crippen LogP) is 2.62. The zero-order chi connectivity index (χ0) is 14.6. The highest BCUT2D eigenvalue weighted by Crippen LogP contribution is 2.18. The molecule has 19 heavy (non-hydrogen) atoms. The van der Waals surface area contributed by atoms with Gasteiger partial charge in [0.15, 0.2) is 0 Å². The zero-order valence-corrected chi connectivity index (χ0v) is 15.3. The van der Waals surface area contributed by atoms with E-state index < -0.39 is 0 Å². The fourth-order valence-corrected chi connectivity index (χ4v) is 2.98. The van der Waals surface area contributed by atoms with Gasteiger partial charge < -0.3 is 14.2 Å². The first-order chi connectivity index (χ1) is 9.04. The monoisotopic (exact) mass is 288 g/mol. The summed E-state index contributed by atoms with van der Waals surface area (Å²) < 4.78 is 17.0. The highest BCUT2D eigenvalue weighted by Gasteiger charge is 2.23. The van der Waals surface area contributed by atoms with Crippen molar-refractivity contribution in [2.75, 3.05) is 26.4 Å². The lowest BCUT2D eigenvalue weighted by atomic mass is 10.1. The maximum Gasteiger partial charge on any atom is 0.141 e. The molecular weight excluding hydrogens is 256 g/mol. The third kappa shape index (κ3) is 11.4. The van der Waals surface area contributed by atoms with Crippen molar-refractivity contribution in [2.45, 2.75) is 58.3 Å². The van der Waals surface area contributed by atoms with Gasteiger partial charge >= 0.3 is 0 Å². The fraction of sp³-hybridized carbons (Fsp3) is 0.867. The van der Waals surface area contributed by atoms with Gasteiger partial charge in [-0.2, -0.15) is 0 Å². The molecule has 0 atom stereocenters. The second-order valence-electron chi connectivity index (χ2n) is 5.17. The van der Waals surface area contributed by atoms with Crippen LogP contribution < -0.4 is 0 Å². The Balaban J connectivity index is 3.52. The molecule has 0 aromatic rings. The van der Waals surface area contributed by atoms with Crippen molar-refractivity contribution in [1.29, 1.82) is 0 Å². The first kappa shape index (κ1) is 18.8. The summed E-state index contributed by atoms with van der Waals surface area (Å²) in [6.07, 6.45) is 5.76. The zero-order valence-electron chi connectivity index (χ0n) is 13.3. The van der Waals surface area contributed by atoms with Crippen LogP contribution in [0.5, 0.6) is 0 Å². The van der Waals surface area contributed by atoms with E-state index >= 15 is 0 Å². The molecule has 0 saturated carbocycles. The molecule has 0 aromatic carbocycles. The standard InChI is InChI=1S/C15H32O3Si/c1-5-17-15(19,18-6-2)11-9-7-8-10-12-16-13-14(3)4/h3,5-13H2,1-2,4,19H3. The van der Waals surface area contributed by atoms with Gasteiger partial charge in [-0.25, -0.2) is 0 Å². The molecule has 4 heteroatoms. The first-order valence-electron chi connectivity index (χ1n) is 7.54. The van der Waals surface area contributed by atoms with Gasteiger partial charge in [-0.05, 0) is 40.0 Å². The average molecular weight is 289 g/mol. The molecular formula is C15H32O3Si. The summed E-state index contributed by atoms with van der Waals surface area (Å²) in [6, 6.07) is 0. The number of ether oxygens (including phenoxy) is 3. The summed E-state index contributed by atoms with van der Waals surface area (Å²) in [5, 5.41) is 0. The van der Waals surface area contributed by atoms with Gasteiger partial charge in [0.1, 0.15) is 5.41 Å². The normalized spacial score (nSPS) is 11.9. The van der Waals surface area contributed by atoms with E-state index in [1.54, 1.807) is 0 Å². The molecule has 0 rings (SSSR count). The van der Waals surface area contributed by atoms with Crippen molar-refractivity contribution in [2.24, 2.45) is 0 Å². The van der Waals surface area contributed by atoms with E-state index in [9.17, 15) is 0 Å². The Bertz CT molecular complexity index is 225. The quantitative estimate of drug-likeness (QED) is 0.226. The van der Waals surface area contributed by atoms with Gasteiger partial charge in [0.2, 0.25) is 0 Å². The summed E-state index contributed by atoms with van der Waals surface area (Å²) in [7, 11) is 0.927. The second kappa shape index (κ2) is 11.6. The minimum atomic E-state index is -0.264. The minimum absolute atomic E-state index is 0.264. The van der Waals surface area contributed by atoms with Crippen LogP contribution in [0.1, 0.15) is 52.9 Å². The number of hydrogen-bond donors (Lipinski definition) is 0. The molecule has 0 amide bonds. The Morgan fingerprint density at radius 3 is 2.16 bits per heavy atom. The molecule has 0 radical (unpaired) electrons. The van der Waals surface area contributed by atoms with Gasteiger partial charge in [0, 0.05) is 19.8 Å². The summed E-state index contributed by atoms with van der Waals surface area (Å²) in [5.41, 5.74) is 0.828. The SMILES string of the molecule is C=C(C)COCCCCCCC([SiH3])(OCC)OCC. The second-order valence-corrected chi connectivity index (χ2v) is 6.70. The highest BCUT2D eigenvalue weighted by atomic mass is 28.1. The molecule has 0 unspecified atom stereocenters. The molecule has 0 heterocycles. The van der Waals surface area contributed by atoms with Gasteiger partial charge in [-0.15, -0.1) is 0 Å². The number of hydrogen-bond acceptors (Lipinski definition) is 3. The van der Waals surface area contributed by atoms with E-state index in [-0.39, 0.29) is 5.41 Å². The lowest BCUT2D eigenvalue weighted by Crippen LogP contribution is -2.36. The van der Waals surface area contributed by atoms with Gasteiger partial charge in [-0.1, -0.05) is 25.0 Å². The van der Waals surface area contributed by atoms with E-state index in [2.05, 4.69) is 6.58 Å². The Morgan fingerprint density at radius 1 is 1.05 bits per heavy atom. The van der Waals surface area contributed by atoms with Crippen molar-refractivity contribution >= 4 is 10.2 Å². The average Bonchev–Trinajstić information content (AvgIpc) is 2.33.